The van der Waals surface area contributed by atoms with Gasteiger partial charge in [-0.25, -0.2) is 9.48 Å². The average Bonchev–Trinajstić information content (AvgIpc) is 3.13. The highest BCUT2D eigenvalue weighted by Gasteiger charge is 2.15. The number of esters is 1. The first-order chi connectivity index (χ1) is 12.1. The lowest BCUT2D eigenvalue weighted by Crippen LogP contribution is -2.04. The van der Waals surface area contributed by atoms with Crippen molar-refractivity contribution in [3.63, 3.8) is 0 Å². The fourth-order valence-electron chi connectivity index (χ4n) is 2.95. The predicted octanol–water partition coefficient (Wildman–Crippen LogP) is 2.39. The van der Waals surface area contributed by atoms with Gasteiger partial charge in [0.1, 0.15) is 11.0 Å². The van der Waals surface area contributed by atoms with Crippen LogP contribution in [0, 0.1) is 6.92 Å². The molecule has 126 valence electrons. The largest absolute Gasteiger partial charge is 0.462 e. The maximum atomic E-state index is 11.9. The number of carbonyl (C=O) groups is 1. The van der Waals surface area contributed by atoms with Crippen molar-refractivity contribution in [3.05, 3.63) is 35.8 Å². The van der Waals surface area contributed by atoms with Crippen molar-refractivity contribution in [3.8, 4) is 11.3 Å². The van der Waals surface area contributed by atoms with Gasteiger partial charge in [0.2, 0.25) is 0 Å². The van der Waals surface area contributed by atoms with Gasteiger partial charge < -0.3 is 9.72 Å². The van der Waals surface area contributed by atoms with Crippen LogP contribution in [0.15, 0.2) is 24.5 Å². The van der Waals surface area contributed by atoms with Crippen molar-refractivity contribution in [2.24, 2.45) is 7.05 Å². The second kappa shape index (κ2) is 5.66. The number of aromatic nitrogens is 6. The molecule has 4 rings (SSSR count). The van der Waals surface area contributed by atoms with Crippen molar-refractivity contribution < 1.29 is 9.53 Å². The summed E-state index contributed by atoms with van der Waals surface area (Å²) >= 11 is 0. The third kappa shape index (κ3) is 2.42. The molecular formula is C17H16N6O2. The van der Waals surface area contributed by atoms with Gasteiger partial charge in [0.05, 0.1) is 34.6 Å². The Morgan fingerprint density at radius 3 is 2.60 bits per heavy atom. The molecule has 0 saturated carbocycles. The zero-order chi connectivity index (χ0) is 17.6. The second-order valence-electron chi connectivity index (χ2n) is 5.73. The summed E-state index contributed by atoms with van der Waals surface area (Å²) < 4.78 is 6.74. The smallest absolute Gasteiger partial charge is 0.339 e. The monoisotopic (exact) mass is 336 g/mol. The molecule has 0 amide bonds. The first-order valence-electron chi connectivity index (χ1n) is 7.89. The molecule has 0 atom stereocenters. The number of rotatable bonds is 3. The fourth-order valence-corrected chi connectivity index (χ4v) is 2.95. The maximum absolute atomic E-state index is 11.9. The van der Waals surface area contributed by atoms with Crippen LogP contribution in [-0.2, 0) is 11.8 Å². The Labute approximate surface area is 142 Å². The van der Waals surface area contributed by atoms with E-state index in [-0.39, 0.29) is 5.97 Å². The number of pyridine rings is 2. The SMILES string of the molecule is CCOC(=O)c1cnc2c(c1)[nH]c1cc(-c3c(C)nnn3C)cnc12. The number of aromatic amines is 1. The number of hydrogen-bond donors (Lipinski definition) is 1. The Morgan fingerprint density at radius 1 is 1.20 bits per heavy atom. The summed E-state index contributed by atoms with van der Waals surface area (Å²) in [5, 5.41) is 8.10. The molecule has 0 aliphatic carbocycles. The molecule has 0 radical (unpaired) electrons. The Balaban J connectivity index is 1.86. The highest BCUT2D eigenvalue weighted by atomic mass is 16.5. The van der Waals surface area contributed by atoms with Gasteiger partial charge in [0.25, 0.3) is 0 Å². The molecule has 0 unspecified atom stereocenters. The van der Waals surface area contributed by atoms with Crippen LogP contribution in [0.4, 0.5) is 0 Å². The molecule has 0 saturated heterocycles. The van der Waals surface area contributed by atoms with Crippen molar-refractivity contribution in [1.82, 2.24) is 29.9 Å². The molecule has 0 fully saturated rings. The molecule has 0 aromatic carbocycles. The zero-order valence-corrected chi connectivity index (χ0v) is 14.1. The van der Waals surface area contributed by atoms with Gasteiger partial charge in [-0.3, -0.25) is 9.97 Å². The quantitative estimate of drug-likeness (QED) is 0.577. The first kappa shape index (κ1) is 15.3. The van der Waals surface area contributed by atoms with E-state index >= 15 is 0 Å². The van der Waals surface area contributed by atoms with Crippen LogP contribution in [-0.4, -0.2) is 42.5 Å². The third-order valence-corrected chi connectivity index (χ3v) is 4.05. The number of nitrogens with one attached hydrogen (secondary N) is 1. The van der Waals surface area contributed by atoms with E-state index in [0.717, 1.165) is 39.0 Å². The summed E-state index contributed by atoms with van der Waals surface area (Å²) in [6, 6.07) is 3.72. The van der Waals surface area contributed by atoms with E-state index in [4.69, 9.17) is 4.74 Å². The second-order valence-corrected chi connectivity index (χ2v) is 5.73. The molecule has 8 heteroatoms. The lowest BCUT2D eigenvalue weighted by Gasteiger charge is -2.02. The van der Waals surface area contributed by atoms with Gasteiger partial charge in [0.15, 0.2) is 0 Å². The highest BCUT2D eigenvalue weighted by Crippen LogP contribution is 2.27. The topological polar surface area (TPSA) is 98.6 Å². The number of aryl methyl sites for hydroxylation is 2. The van der Waals surface area contributed by atoms with Crippen molar-refractivity contribution in [1.29, 1.82) is 0 Å². The molecule has 8 nitrogen and oxygen atoms in total. The molecule has 0 aliphatic rings. The lowest BCUT2D eigenvalue weighted by atomic mass is 10.1. The summed E-state index contributed by atoms with van der Waals surface area (Å²) in [5.41, 5.74) is 6.11. The number of fused-ring (bicyclic) bond motifs is 3. The zero-order valence-electron chi connectivity index (χ0n) is 14.1. The van der Waals surface area contributed by atoms with Gasteiger partial charge in [0, 0.05) is 25.0 Å². The minimum atomic E-state index is -0.388. The number of carbonyl (C=O) groups excluding carboxylic acids is 1. The summed E-state index contributed by atoms with van der Waals surface area (Å²) in [6.45, 7) is 4.00. The third-order valence-electron chi connectivity index (χ3n) is 4.05. The van der Waals surface area contributed by atoms with Gasteiger partial charge in [-0.05, 0) is 26.0 Å². The van der Waals surface area contributed by atoms with E-state index in [1.807, 2.05) is 20.0 Å². The molecule has 4 aromatic heterocycles. The summed E-state index contributed by atoms with van der Waals surface area (Å²) in [7, 11) is 1.85. The minimum Gasteiger partial charge on any atom is -0.462 e. The highest BCUT2D eigenvalue weighted by molar-refractivity contribution is 6.05. The fraction of sp³-hybridized carbons (Fsp3) is 0.235. The van der Waals surface area contributed by atoms with Gasteiger partial charge in [-0.15, -0.1) is 5.10 Å². The van der Waals surface area contributed by atoms with Gasteiger partial charge >= 0.3 is 5.97 Å². The van der Waals surface area contributed by atoms with Crippen molar-refractivity contribution in [2.75, 3.05) is 6.61 Å². The van der Waals surface area contributed by atoms with Crippen LogP contribution >= 0.6 is 0 Å². The Kier molecular flexibility index (Phi) is 3.45. The first-order valence-corrected chi connectivity index (χ1v) is 7.89. The van der Waals surface area contributed by atoms with Crippen LogP contribution in [0.1, 0.15) is 23.0 Å². The Morgan fingerprint density at radius 2 is 1.92 bits per heavy atom. The predicted molar refractivity (Wildman–Crippen MR) is 92.1 cm³/mol. The maximum Gasteiger partial charge on any atom is 0.339 e. The van der Waals surface area contributed by atoms with Crippen LogP contribution in [0.25, 0.3) is 33.3 Å². The molecular weight excluding hydrogens is 320 g/mol. The normalized spacial score (nSPS) is 11.3. The van der Waals surface area contributed by atoms with Crippen LogP contribution < -0.4 is 0 Å². The average molecular weight is 336 g/mol. The van der Waals surface area contributed by atoms with E-state index < -0.39 is 0 Å². The summed E-state index contributed by atoms with van der Waals surface area (Å²) in [4.78, 5) is 24.1. The number of hydrogen-bond acceptors (Lipinski definition) is 6. The molecule has 4 heterocycles. The number of H-pyrrole nitrogens is 1. The standard InChI is InChI=1S/C17H16N6O2/c1-4-25-17(24)11-6-13-15(19-8-11)14-12(20-13)5-10(7-18-14)16-9(2)21-22-23(16)3/h5-8,20H,4H2,1-3H3. The van der Waals surface area contributed by atoms with Crippen LogP contribution in [0.5, 0.6) is 0 Å². The van der Waals surface area contributed by atoms with Crippen LogP contribution in [0.3, 0.4) is 0 Å². The molecule has 0 bridgehead atoms. The molecule has 4 aromatic rings. The van der Waals surface area contributed by atoms with E-state index in [1.54, 1.807) is 23.9 Å². The molecule has 0 spiro atoms. The van der Waals surface area contributed by atoms with Gasteiger partial charge in [-0.2, -0.15) is 0 Å². The Hall–Kier alpha value is -3.29. The van der Waals surface area contributed by atoms with E-state index in [1.165, 1.54) is 6.20 Å². The van der Waals surface area contributed by atoms with E-state index in [0.29, 0.717) is 12.2 Å². The lowest BCUT2D eigenvalue weighted by molar-refractivity contribution is 0.0526. The summed E-state index contributed by atoms with van der Waals surface area (Å²) in [5.74, 6) is -0.388. The number of nitrogens with zero attached hydrogens (tertiary/aromatic N) is 5. The van der Waals surface area contributed by atoms with Crippen LogP contribution in [0.2, 0.25) is 0 Å². The molecule has 25 heavy (non-hydrogen) atoms. The van der Waals surface area contributed by atoms with E-state index in [9.17, 15) is 4.79 Å². The summed E-state index contributed by atoms with van der Waals surface area (Å²) in [6.07, 6.45) is 3.29. The van der Waals surface area contributed by atoms with Crippen molar-refractivity contribution in [2.45, 2.75) is 13.8 Å². The Bertz CT molecular complexity index is 1090. The molecule has 1 N–H and O–H groups in total. The molecule has 0 aliphatic heterocycles. The minimum absolute atomic E-state index is 0.326. The van der Waals surface area contributed by atoms with Crippen molar-refractivity contribution >= 4 is 28.0 Å². The van der Waals surface area contributed by atoms with Gasteiger partial charge in [-0.1, -0.05) is 5.21 Å². The number of ether oxygens (including phenoxy) is 1. The van der Waals surface area contributed by atoms with E-state index in [2.05, 4.69) is 25.3 Å².